The van der Waals surface area contributed by atoms with Gasteiger partial charge in [-0.1, -0.05) is 55.5 Å². The van der Waals surface area contributed by atoms with Crippen molar-refractivity contribution in [3.8, 4) is 0 Å². The van der Waals surface area contributed by atoms with E-state index in [0.29, 0.717) is 18.0 Å². The van der Waals surface area contributed by atoms with Crippen molar-refractivity contribution in [3.05, 3.63) is 65.7 Å². The summed E-state index contributed by atoms with van der Waals surface area (Å²) in [5.41, 5.74) is 3.78. The van der Waals surface area contributed by atoms with E-state index in [0.717, 1.165) is 30.3 Å². The van der Waals surface area contributed by atoms with Crippen molar-refractivity contribution in [2.75, 3.05) is 11.9 Å². The van der Waals surface area contributed by atoms with Crippen LogP contribution >= 0.6 is 0 Å². The molecule has 2 aromatic rings. The van der Waals surface area contributed by atoms with Crippen molar-refractivity contribution in [2.24, 2.45) is 17.8 Å². The van der Waals surface area contributed by atoms with Gasteiger partial charge in [-0.3, -0.25) is 4.48 Å². The Morgan fingerprint density at radius 2 is 1.77 bits per heavy atom. The number of hydrogen-bond acceptors (Lipinski definition) is 3. The summed E-state index contributed by atoms with van der Waals surface area (Å²) in [6.07, 6.45) is 2.47. The van der Waals surface area contributed by atoms with Crippen LogP contribution in [0.4, 0.5) is 5.69 Å². The normalized spacial score (nSPS) is 48.2. The third kappa shape index (κ3) is 1.88. The van der Waals surface area contributed by atoms with Gasteiger partial charge in [-0.25, -0.2) is 0 Å². The molecule has 6 aliphatic rings. The molecule has 1 saturated carbocycles. The second kappa shape index (κ2) is 5.92. The van der Waals surface area contributed by atoms with Gasteiger partial charge in [0.2, 0.25) is 0 Å². The highest BCUT2D eigenvalue weighted by atomic mass is 16.3. The third-order valence-electron chi connectivity index (χ3n) is 10.4. The number of quaternary nitrogens is 1. The van der Waals surface area contributed by atoms with Crippen LogP contribution in [-0.4, -0.2) is 52.2 Å². The second-order valence-electron chi connectivity index (χ2n) is 11.0. The first-order valence-electron chi connectivity index (χ1n) is 12.1. The van der Waals surface area contributed by atoms with Gasteiger partial charge in [-0.2, -0.15) is 0 Å². The summed E-state index contributed by atoms with van der Waals surface area (Å²) >= 11 is 0. The highest BCUT2D eigenvalue weighted by molar-refractivity contribution is 5.66. The van der Waals surface area contributed by atoms with Crippen LogP contribution in [0.3, 0.4) is 0 Å². The molecule has 162 valence electrons. The number of anilines is 1. The van der Waals surface area contributed by atoms with E-state index >= 15 is 0 Å². The van der Waals surface area contributed by atoms with Crippen LogP contribution < -0.4 is 4.90 Å². The van der Waals surface area contributed by atoms with Gasteiger partial charge in [0.05, 0.1) is 23.6 Å². The van der Waals surface area contributed by atoms with Crippen molar-refractivity contribution >= 4 is 5.69 Å². The number of aliphatic hydroxyl groups is 2. The van der Waals surface area contributed by atoms with Crippen LogP contribution in [0.5, 0.6) is 0 Å². The minimum absolute atomic E-state index is 0.180. The molecular formula is C27H33N2O2+. The SMILES string of the molecule is CC[C@@H]1[C@H]2C[C@H]3[C@@H]4N(C)c5ccccc5[C@@]45C[C@@H]([C@@H]2[C@@H]5O)[N@+]3(Cc2ccccc2)[C@@H]1O. The number of para-hydroxylation sites is 1. The van der Waals surface area contributed by atoms with Gasteiger partial charge in [0.1, 0.15) is 12.6 Å². The van der Waals surface area contributed by atoms with Crippen molar-refractivity contribution in [3.63, 3.8) is 0 Å². The second-order valence-corrected chi connectivity index (χ2v) is 11.0. The average molecular weight is 418 g/mol. The summed E-state index contributed by atoms with van der Waals surface area (Å²) in [6, 6.07) is 20.5. The lowest BCUT2D eigenvalue weighted by Crippen LogP contribution is -2.82. The quantitative estimate of drug-likeness (QED) is 0.754. The minimum Gasteiger partial charge on any atom is -0.392 e. The van der Waals surface area contributed by atoms with Crippen LogP contribution in [0.2, 0.25) is 0 Å². The summed E-state index contributed by atoms with van der Waals surface area (Å²) in [6.45, 7) is 3.11. The summed E-state index contributed by atoms with van der Waals surface area (Å²) in [4.78, 5) is 2.47. The first kappa shape index (κ1) is 18.7. The third-order valence-corrected chi connectivity index (χ3v) is 10.4. The Morgan fingerprint density at radius 1 is 1.03 bits per heavy atom. The van der Waals surface area contributed by atoms with Crippen molar-refractivity contribution < 1.29 is 14.7 Å². The van der Waals surface area contributed by atoms with Crippen LogP contribution in [0.25, 0.3) is 0 Å². The number of likely N-dealkylation sites (N-methyl/N-ethyl adjacent to an activating group) is 1. The molecule has 10 atom stereocenters. The van der Waals surface area contributed by atoms with Crippen molar-refractivity contribution in [2.45, 2.75) is 68.6 Å². The zero-order valence-corrected chi connectivity index (χ0v) is 18.4. The lowest BCUT2D eigenvalue weighted by molar-refractivity contribution is -1.05. The maximum Gasteiger partial charge on any atom is 0.194 e. The van der Waals surface area contributed by atoms with Gasteiger partial charge in [-0.05, 0) is 24.0 Å². The molecule has 0 aromatic heterocycles. The Hall–Kier alpha value is -1.88. The lowest BCUT2D eigenvalue weighted by Gasteiger charge is -2.68. The number of aliphatic hydroxyl groups excluding tert-OH is 2. The van der Waals surface area contributed by atoms with E-state index in [-0.39, 0.29) is 35.6 Å². The zero-order valence-electron chi connectivity index (χ0n) is 18.4. The Kier molecular flexibility index (Phi) is 3.56. The highest BCUT2D eigenvalue weighted by Crippen LogP contribution is 2.71. The molecule has 1 spiro atoms. The molecule has 0 radical (unpaired) electrons. The summed E-state index contributed by atoms with van der Waals surface area (Å²) in [7, 11) is 2.23. The summed E-state index contributed by atoms with van der Waals surface area (Å²) in [5, 5.41) is 24.1. The molecule has 0 unspecified atom stereocenters. The Labute approximate surface area is 184 Å². The number of hydrogen-bond donors (Lipinski definition) is 2. The topological polar surface area (TPSA) is 43.7 Å². The average Bonchev–Trinajstić information content (AvgIpc) is 3.18. The van der Waals surface area contributed by atoms with E-state index in [1.807, 2.05) is 0 Å². The van der Waals surface area contributed by atoms with Gasteiger partial charge >= 0.3 is 0 Å². The monoisotopic (exact) mass is 417 g/mol. The maximum absolute atomic E-state index is 12.1. The van der Waals surface area contributed by atoms with Gasteiger partial charge < -0.3 is 15.1 Å². The molecule has 5 heterocycles. The van der Waals surface area contributed by atoms with E-state index in [1.54, 1.807) is 0 Å². The van der Waals surface area contributed by atoms with Crippen LogP contribution in [0, 0.1) is 17.8 Å². The minimum atomic E-state index is -0.337. The Morgan fingerprint density at radius 3 is 2.55 bits per heavy atom. The molecule has 4 nitrogen and oxygen atoms in total. The number of fused-ring (bicyclic) bond motifs is 2. The highest BCUT2D eigenvalue weighted by Gasteiger charge is 2.82. The molecule has 4 saturated heterocycles. The fourth-order valence-corrected chi connectivity index (χ4v) is 9.60. The predicted octanol–water partition coefficient (Wildman–Crippen LogP) is 3.27. The van der Waals surface area contributed by atoms with Gasteiger partial charge in [0.15, 0.2) is 6.23 Å². The molecule has 5 aliphatic heterocycles. The van der Waals surface area contributed by atoms with Gasteiger partial charge in [-0.15, -0.1) is 0 Å². The number of piperidine rings is 4. The smallest absolute Gasteiger partial charge is 0.194 e. The fraction of sp³-hybridized carbons (Fsp3) is 0.556. The zero-order chi connectivity index (χ0) is 21.1. The van der Waals surface area contributed by atoms with E-state index < -0.39 is 0 Å². The van der Waals surface area contributed by atoms with E-state index in [1.165, 1.54) is 16.8 Å². The van der Waals surface area contributed by atoms with Crippen LogP contribution in [-0.2, 0) is 12.0 Å². The first-order chi connectivity index (χ1) is 15.1. The standard InChI is InChI=1S/C27H33N2O2/c1-3-17-18-13-21-24-27(19-11-7-8-12-20(19)28(24)2)14-22(23(18)25(27)30)29(21,26(17)31)15-16-9-5-4-6-10-16/h4-12,17-18,21-26,30-31H,3,13-15H2,1-2H3/q+1/t17-,18-,21+,22+,23-,24+,25+,26-,27+,29-/m1/s1. The lowest BCUT2D eigenvalue weighted by atomic mass is 9.60. The Bertz CT molecular complexity index is 1040. The molecule has 0 amide bonds. The molecule has 2 N–H and O–H groups in total. The molecule has 8 rings (SSSR count). The van der Waals surface area contributed by atoms with Gasteiger partial charge in [0, 0.05) is 43.0 Å². The number of rotatable bonds is 3. The molecule has 5 bridgehead atoms. The first-order valence-corrected chi connectivity index (χ1v) is 12.1. The molecular weight excluding hydrogens is 384 g/mol. The largest absolute Gasteiger partial charge is 0.392 e. The van der Waals surface area contributed by atoms with E-state index in [4.69, 9.17) is 0 Å². The Balaban J connectivity index is 1.47. The predicted molar refractivity (Wildman–Crippen MR) is 120 cm³/mol. The molecule has 1 aliphatic carbocycles. The fourth-order valence-electron chi connectivity index (χ4n) is 9.60. The number of benzene rings is 2. The van der Waals surface area contributed by atoms with Crippen LogP contribution in [0.15, 0.2) is 54.6 Å². The van der Waals surface area contributed by atoms with E-state index in [2.05, 4.69) is 73.5 Å². The van der Waals surface area contributed by atoms with Gasteiger partial charge in [0.25, 0.3) is 0 Å². The molecule has 5 fully saturated rings. The van der Waals surface area contributed by atoms with Crippen LogP contribution in [0.1, 0.15) is 37.3 Å². The molecule has 4 heteroatoms. The number of nitrogens with zero attached hydrogens (tertiary/aromatic N) is 2. The van der Waals surface area contributed by atoms with Crippen molar-refractivity contribution in [1.82, 2.24) is 0 Å². The van der Waals surface area contributed by atoms with Crippen molar-refractivity contribution in [1.29, 1.82) is 0 Å². The maximum atomic E-state index is 12.1. The molecule has 2 aromatic carbocycles. The summed E-state index contributed by atoms with van der Waals surface area (Å²) in [5.74, 6) is 1.01. The molecule has 31 heavy (non-hydrogen) atoms. The van der Waals surface area contributed by atoms with E-state index in [9.17, 15) is 10.2 Å². The summed E-state index contributed by atoms with van der Waals surface area (Å²) < 4.78 is 0.769.